The predicted octanol–water partition coefficient (Wildman–Crippen LogP) is 10.8. The number of oxime groups is 1. The van der Waals surface area contributed by atoms with Crippen molar-refractivity contribution in [2.24, 2.45) is 22.9 Å². The van der Waals surface area contributed by atoms with Gasteiger partial charge >= 0.3 is 6.09 Å². The summed E-state index contributed by atoms with van der Waals surface area (Å²) in [7, 11) is 0. The van der Waals surface area contributed by atoms with E-state index in [9.17, 15) is 20.1 Å². The summed E-state index contributed by atoms with van der Waals surface area (Å²) in [4.78, 5) is 27.4. The van der Waals surface area contributed by atoms with Crippen LogP contribution < -0.4 is 9.47 Å². The van der Waals surface area contributed by atoms with Crippen LogP contribution in [0.4, 0.5) is 4.79 Å². The van der Waals surface area contributed by atoms with Crippen LogP contribution in [0.3, 0.4) is 0 Å². The first-order valence-corrected chi connectivity index (χ1v) is 25.9. The Morgan fingerprint density at radius 1 is 0.912 bits per heavy atom. The van der Waals surface area contributed by atoms with Crippen molar-refractivity contribution in [3.8, 4) is 11.5 Å². The van der Waals surface area contributed by atoms with Gasteiger partial charge in [-0.1, -0.05) is 101 Å². The van der Waals surface area contributed by atoms with Gasteiger partial charge < -0.3 is 43.8 Å². The molecule has 1 amide bonds. The maximum Gasteiger partial charge on any atom is 0.410 e. The lowest BCUT2D eigenvalue weighted by Crippen LogP contribution is -2.70. The summed E-state index contributed by atoms with van der Waals surface area (Å²) in [6, 6.07) is 11.1. The van der Waals surface area contributed by atoms with Gasteiger partial charge in [0.2, 0.25) is 5.79 Å². The van der Waals surface area contributed by atoms with Gasteiger partial charge in [0.25, 0.3) is 0 Å². The summed E-state index contributed by atoms with van der Waals surface area (Å²) in [5.41, 5.74) is 3.74. The molecular formula is C55H85N3O10. The van der Waals surface area contributed by atoms with E-state index < -0.39 is 29.4 Å². The molecule has 1 aromatic carbocycles. The van der Waals surface area contributed by atoms with Gasteiger partial charge in [-0.2, -0.15) is 0 Å². The lowest BCUT2D eigenvalue weighted by atomic mass is 9.55. The summed E-state index contributed by atoms with van der Waals surface area (Å²) in [6.07, 6.45) is 20.0. The molecule has 6 unspecified atom stereocenters. The molecule has 13 heteroatoms. The second-order valence-corrected chi connectivity index (χ2v) is 19.9. The normalized spacial score (nSPS) is 22.4. The highest BCUT2D eigenvalue weighted by atomic mass is 16.7. The molecule has 2 heterocycles. The number of aliphatic hydroxyl groups excluding tert-OH is 3. The van der Waals surface area contributed by atoms with E-state index in [2.05, 4.69) is 30.6 Å². The fourth-order valence-electron chi connectivity index (χ4n) is 10.3. The molecule has 6 atom stereocenters. The zero-order chi connectivity index (χ0) is 48.8. The fourth-order valence-corrected chi connectivity index (χ4v) is 10.3. The number of carbonyl (C=O) groups is 1. The highest BCUT2D eigenvalue weighted by Gasteiger charge is 2.65. The predicted molar refractivity (Wildman–Crippen MR) is 267 cm³/mol. The van der Waals surface area contributed by atoms with Crippen molar-refractivity contribution in [2.75, 3.05) is 52.8 Å². The van der Waals surface area contributed by atoms with Gasteiger partial charge in [0.1, 0.15) is 29.7 Å². The van der Waals surface area contributed by atoms with Crippen LogP contribution >= 0.6 is 0 Å². The van der Waals surface area contributed by atoms with E-state index in [0.29, 0.717) is 30.1 Å². The minimum Gasteiger partial charge on any atom is -0.487 e. The molecular weight excluding hydrogens is 863 g/mol. The van der Waals surface area contributed by atoms with Gasteiger partial charge in [0, 0.05) is 43.4 Å². The summed E-state index contributed by atoms with van der Waals surface area (Å²) in [5.74, 6) is -0.743. The molecule has 1 aliphatic heterocycles. The Labute approximate surface area is 407 Å². The maximum atomic E-state index is 14.8. The molecule has 2 aromatic rings. The van der Waals surface area contributed by atoms with Gasteiger partial charge in [0.15, 0.2) is 0 Å². The van der Waals surface area contributed by atoms with Crippen LogP contribution in [0.5, 0.6) is 11.5 Å². The number of hydrogen-bond acceptors (Lipinski definition) is 12. The van der Waals surface area contributed by atoms with E-state index in [1.54, 1.807) is 11.0 Å². The fraction of sp³-hybridized carbons (Fsp3) is 0.691. The van der Waals surface area contributed by atoms with Gasteiger partial charge in [0.05, 0.1) is 50.4 Å². The molecule has 0 spiro atoms. The van der Waals surface area contributed by atoms with E-state index in [1.807, 2.05) is 58.0 Å². The quantitative estimate of drug-likeness (QED) is 0.0364. The molecule has 1 saturated carbocycles. The maximum absolute atomic E-state index is 14.8. The molecule has 1 fully saturated rings. The SMILES string of the molecule is C=CCOC12Oc3ccc(OCc4cccc(C)n4)cc3C3C(CCCCO)C(CCCCO)C=C(C(=NOC(C)(C)C)CC1N(CCOCCO)C(=O)OCCCCCCCCCCCC)C32. The van der Waals surface area contributed by atoms with E-state index >= 15 is 0 Å². The van der Waals surface area contributed by atoms with E-state index in [4.69, 9.17) is 33.7 Å². The lowest BCUT2D eigenvalue weighted by Gasteiger charge is -2.60. The molecule has 380 valence electrons. The topological polar surface area (TPSA) is 162 Å². The van der Waals surface area contributed by atoms with Crippen molar-refractivity contribution in [1.82, 2.24) is 9.88 Å². The van der Waals surface area contributed by atoms with Crippen molar-refractivity contribution in [3.05, 3.63) is 77.7 Å². The average Bonchev–Trinajstić information content (AvgIpc) is 3.32. The van der Waals surface area contributed by atoms with Crippen molar-refractivity contribution in [1.29, 1.82) is 0 Å². The first kappa shape index (κ1) is 54.9. The molecule has 0 radical (unpaired) electrons. The smallest absolute Gasteiger partial charge is 0.410 e. The van der Waals surface area contributed by atoms with Crippen molar-refractivity contribution in [3.63, 3.8) is 0 Å². The molecule has 13 nitrogen and oxygen atoms in total. The largest absolute Gasteiger partial charge is 0.487 e. The third-order valence-electron chi connectivity index (χ3n) is 13.5. The minimum absolute atomic E-state index is 0.0465. The van der Waals surface area contributed by atoms with Crippen molar-refractivity contribution >= 4 is 11.8 Å². The Kier molecular flexibility index (Phi) is 23.1. The number of aliphatic hydroxyl groups is 3. The third kappa shape index (κ3) is 15.8. The van der Waals surface area contributed by atoms with Gasteiger partial charge in [-0.05, 0) is 108 Å². The van der Waals surface area contributed by atoms with Gasteiger partial charge in [-0.25, -0.2) is 4.79 Å². The molecule has 3 aliphatic rings. The first-order valence-electron chi connectivity index (χ1n) is 25.9. The third-order valence-corrected chi connectivity index (χ3v) is 13.5. The van der Waals surface area contributed by atoms with Crippen LogP contribution in [0.25, 0.3) is 0 Å². The number of carbonyl (C=O) groups excluding carboxylic acids is 1. The van der Waals surface area contributed by atoms with E-state index in [1.165, 1.54) is 44.9 Å². The molecule has 2 aliphatic carbocycles. The Morgan fingerprint density at radius 2 is 1.63 bits per heavy atom. The zero-order valence-electron chi connectivity index (χ0n) is 42.1. The summed E-state index contributed by atoms with van der Waals surface area (Å²) in [5, 5.41) is 34.6. The number of pyridine rings is 1. The minimum atomic E-state index is -1.45. The summed E-state index contributed by atoms with van der Waals surface area (Å²) < 4.78 is 33.0. The second kappa shape index (κ2) is 28.6. The highest BCUT2D eigenvalue weighted by Crippen LogP contribution is 2.62. The number of nitrogens with zero attached hydrogens (tertiary/aromatic N) is 3. The number of hydrogen-bond donors (Lipinski definition) is 3. The Balaban J connectivity index is 1.61. The monoisotopic (exact) mass is 948 g/mol. The Morgan fingerprint density at radius 3 is 2.31 bits per heavy atom. The van der Waals surface area contributed by atoms with Crippen LogP contribution in [-0.2, 0) is 25.7 Å². The number of allylic oxidation sites excluding steroid dienone is 1. The summed E-state index contributed by atoms with van der Waals surface area (Å²) >= 11 is 0. The van der Waals surface area contributed by atoms with E-state index in [-0.39, 0.29) is 83.6 Å². The van der Waals surface area contributed by atoms with Crippen LogP contribution in [0, 0.1) is 24.7 Å². The van der Waals surface area contributed by atoms with Crippen LogP contribution in [0.1, 0.15) is 160 Å². The molecule has 3 N–H and O–H groups in total. The molecule has 0 saturated heterocycles. The number of ether oxygens (including phenoxy) is 5. The number of rotatable bonds is 32. The van der Waals surface area contributed by atoms with Crippen molar-refractivity contribution < 1.29 is 48.6 Å². The van der Waals surface area contributed by atoms with Gasteiger partial charge in [-0.15, -0.1) is 6.58 Å². The molecule has 1 aromatic heterocycles. The van der Waals surface area contributed by atoms with E-state index in [0.717, 1.165) is 67.5 Å². The van der Waals surface area contributed by atoms with Crippen LogP contribution in [0.2, 0.25) is 0 Å². The molecule has 0 bridgehead atoms. The lowest BCUT2D eigenvalue weighted by molar-refractivity contribution is -0.256. The molecule has 68 heavy (non-hydrogen) atoms. The number of benzene rings is 1. The Hall–Kier alpha value is -4.01. The zero-order valence-corrected chi connectivity index (χ0v) is 42.1. The Bertz CT molecular complexity index is 1880. The van der Waals surface area contributed by atoms with Crippen molar-refractivity contribution in [2.45, 2.75) is 174 Å². The highest BCUT2D eigenvalue weighted by molar-refractivity contribution is 6.03. The number of aromatic nitrogens is 1. The number of unbranched alkanes of at least 4 members (excludes halogenated alkanes) is 11. The number of fused-ring (bicyclic) bond motifs is 2. The standard InChI is InChI=1S/C55H85N3O10/c1-7-9-10-11-12-13-14-15-16-21-34-64-53(62)58(29-35-63-36-32-61)50-39-48(57-68-54(4,5)6)46-37-42(24-17-19-30-59)45(26-18-20-31-60)51-47-38-44(65-40-43-25-22-23-41(3)56-43)27-28-49(47)67-55(50,52(46)51)66-33-8-2/h8,22-23,25,27-28,37-38,42,45,50-52,59-61H,2,7,9-21,24,26,29-36,39-40H2,1,3-6H3. The van der Waals surface area contributed by atoms with Gasteiger partial charge in [-0.3, -0.25) is 9.88 Å². The second-order valence-electron chi connectivity index (χ2n) is 19.9. The van der Waals surface area contributed by atoms with Crippen LogP contribution in [-0.4, -0.2) is 107 Å². The average molecular weight is 948 g/mol. The summed E-state index contributed by atoms with van der Waals surface area (Å²) in [6.45, 7) is 15.3. The number of aryl methyl sites for hydroxylation is 1. The first-order chi connectivity index (χ1) is 33.0. The number of amides is 1. The van der Waals surface area contributed by atoms with Crippen LogP contribution in [0.15, 0.2) is 65.9 Å². The molecule has 5 rings (SSSR count).